The van der Waals surface area contributed by atoms with E-state index in [1.807, 2.05) is 0 Å². The molecule has 3 aromatic rings. The SMILES string of the molecule is CC(=O)Oc1cccc2cc(S(=O)(=O)NCc3ccc(Cl)cc3Cl)ccc12. The minimum absolute atomic E-state index is 0.0316. The number of benzene rings is 3. The zero-order valence-corrected chi connectivity index (χ0v) is 16.5. The van der Waals surface area contributed by atoms with E-state index < -0.39 is 16.0 Å². The van der Waals surface area contributed by atoms with E-state index in [0.29, 0.717) is 32.1 Å². The van der Waals surface area contributed by atoms with Crippen LogP contribution in [0.4, 0.5) is 0 Å². The van der Waals surface area contributed by atoms with Gasteiger partial charge in [0.15, 0.2) is 0 Å². The Morgan fingerprint density at radius 2 is 1.85 bits per heavy atom. The molecule has 0 atom stereocenters. The zero-order chi connectivity index (χ0) is 19.6. The molecule has 0 unspecified atom stereocenters. The van der Waals surface area contributed by atoms with Crippen LogP contribution in [0.1, 0.15) is 12.5 Å². The second-order valence-corrected chi connectivity index (χ2v) is 8.40. The first kappa shape index (κ1) is 19.6. The fourth-order valence-corrected chi connectivity index (χ4v) is 4.08. The molecule has 0 saturated carbocycles. The number of carbonyl (C=O) groups excluding carboxylic acids is 1. The Balaban J connectivity index is 1.88. The van der Waals surface area contributed by atoms with Gasteiger partial charge in [0, 0.05) is 28.9 Å². The minimum atomic E-state index is -3.76. The van der Waals surface area contributed by atoms with Crippen molar-refractivity contribution in [2.45, 2.75) is 18.4 Å². The highest BCUT2D eigenvalue weighted by molar-refractivity contribution is 7.89. The average molecular weight is 424 g/mol. The first-order chi connectivity index (χ1) is 12.8. The minimum Gasteiger partial charge on any atom is -0.426 e. The number of ether oxygens (including phenoxy) is 1. The van der Waals surface area contributed by atoms with E-state index in [2.05, 4.69) is 4.72 Å². The standard InChI is InChI=1S/C19H15Cl2NO4S/c1-12(23)26-19-4-2-3-13-9-16(7-8-17(13)19)27(24,25)22-11-14-5-6-15(20)10-18(14)21/h2-10,22H,11H2,1H3. The molecule has 27 heavy (non-hydrogen) atoms. The number of halogens is 2. The van der Waals surface area contributed by atoms with Crippen molar-refractivity contribution in [2.24, 2.45) is 0 Å². The molecule has 0 amide bonds. The number of esters is 1. The highest BCUT2D eigenvalue weighted by atomic mass is 35.5. The molecule has 0 radical (unpaired) electrons. The summed E-state index contributed by atoms with van der Waals surface area (Å²) in [6.45, 7) is 1.34. The van der Waals surface area contributed by atoms with Crippen LogP contribution in [0.5, 0.6) is 5.75 Å². The fourth-order valence-electron chi connectivity index (χ4n) is 2.56. The third kappa shape index (κ3) is 4.59. The smallest absolute Gasteiger partial charge is 0.308 e. The lowest BCUT2D eigenvalue weighted by molar-refractivity contribution is -0.131. The summed E-state index contributed by atoms with van der Waals surface area (Å²) in [5.41, 5.74) is 0.613. The van der Waals surface area contributed by atoms with Crippen LogP contribution in [-0.4, -0.2) is 14.4 Å². The zero-order valence-electron chi connectivity index (χ0n) is 14.2. The van der Waals surface area contributed by atoms with E-state index in [-0.39, 0.29) is 11.4 Å². The first-order valence-corrected chi connectivity index (χ1v) is 10.1. The summed E-state index contributed by atoms with van der Waals surface area (Å²) in [4.78, 5) is 11.3. The molecule has 0 fully saturated rings. The maximum Gasteiger partial charge on any atom is 0.308 e. The lowest BCUT2D eigenvalue weighted by Crippen LogP contribution is -2.23. The molecule has 1 N–H and O–H groups in total. The van der Waals surface area contributed by atoms with Crippen molar-refractivity contribution in [2.75, 3.05) is 0 Å². The van der Waals surface area contributed by atoms with Gasteiger partial charge in [0.1, 0.15) is 5.75 Å². The Labute approximate surface area is 166 Å². The van der Waals surface area contributed by atoms with Gasteiger partial charge in [-0.05, 0) is 47.3 Å². The predicted molar refractivity (Wildman–Crippen MR) is 106 cm³/mol. The second-order valence-electron chi connectivity index (χ2n) is 5.79. The van der Waals surface area contributed by atoms with Gasteiger partial charge in [-0.25, -0.2) is 13.1 Å². The number of sulfonamides is 1. The van der Waals surface area contributed by atoms with Crippen molar-refractivity contribution in [3.63, 3.8) is 0 Å². The normalized spacial score (nSPS) is 11.5. The van der Waals surface area contributed by atoms with Crippen LogP contribution in [0, 0.1) is 0 Å². The highest BCUT2D eigenvalue weighted by Gasteiger charge is 2.16. The Morgan fingerprint density at radius 1 is 1.07 bits per heavy atom. The van der Waals surface area contributed by atoms with E-state index in [1.54, 1.807) is 42.5 Å². The third-order valence-corrected chi connectivity index (χ3v) is 5.83. The van der Waals surface area contributed by atoms with Gasteiger partial charge in [-0.15, -0.1) is 0 Å². The molecule has 0 aliphatic carbocycles. The quantitative estimate of drug-likeness (QED) is 0.482. The van der Waals surface area contributed by atoms with Crippen LogP contribution in [0.15, 0.2) is 59.5 Å². The van der Waals surface area contributed by atoms with E-state index in [1.165, 1.54) is 19.1 Å². The Kier molecular flexibility index (Phi) is 5.72. The maximum atomic E-state index is 12.6. The van der Waals surface area contributed by atoms with E-state index in [0.717, 1.165) is 0 Å². The van der Waals surface area contributed by atoms with Crippen LogP contribution in [0.2, 0.25) is 10.0 Å². The van der Waals surface area contributed by atoms with Crippen molar-refractivity contribution < 1.29 is 17.9 Å². The maximum absolute atomic E-state index is 12.6. The molecule has 8 heteroatoms. The number of fused-ring (bicyclic) bond motifs is 1. The Bertz CT molecular complexity index is 1130. The van der Waals surface area contributed by atoms with E-state index in [9.17, 15) is 13.2 Å². The third-order valence-electron chi connectivity index (χ3n) is 3.84. The van der Waals surface area contributed by atoms with E-state index in [4.69, 9.17) is 27.9 Å². The topological polar surface area (TPSA) is 72.5 Å². The summed E-state index contributed by atoms with van der Waals surface area (Å²) >= 11 is 11.9. The summed E-state index contributed by atoms with van der Waals surface area (Å²) in [6, 6.07) is 14.5. The van der Waals surface area contributed by atoms with Crippen molar-refractivity contribution in [1.29, 1.82) is 0 Å². The van der Waals surface area contributed by atoms with Gasteiger partial charge in [0.25, 0.3) is 0 Å². The number of nitrogens with one attached hydrogen (secondary N) is 1. The number of hydrogen-bond acceptors (Lipinski definition) is 4. The Hall–Kier alpha value is -2.12. The molecule has 3 aromatic carbocycles. The van der Waals surface area contributed by atoms with Gasteiger partial charge < -0.3 is 4.74 Å². The summed E-state index contributed by atoms with van der Waals surface area (Å²) in [5.74, 6) is -0.0643. The van der Waals surface area contributed by atoms with Crippen LogP contribution in [0.25, 0.3) is 10.8 Å². The molecule has 0 aliphatic rings. The van der Waals surface area contributed by atoms with Crippen molar-refractivity contribution in [3.05, 3.63) is 70.2 Å². The largest absolute Gasteiger partial charge is 0.426 e. The van der Waals surface area contributed by atoms with E-state index >= 15 is 0 Å². The fraction of sp³-hybridized carbons (Fsp3) is 0.105. The predicted octanol–water partition coefficient (Wildman–Crippen LogP) is 4.55. The molecule has 0 heterocycles. The summed E-state index contributed by atoms with van der Waals surface area (Å²) < 4.78 is 32.9. The average Bonchev–Trinajstić information content (AvgIpc) is 2.60. The number of carbonyl (C=O) groups is 1. The van der Waals surface area contributed by atoms with Gasteiger partial charge in [0.05, 0.1) is 4.90 Å². The highest BCUT2D eigenvalue weighted by Crippen LogP contribution is 2.28. The molecule has 0 bridgehead atoms. The first-order valence-electron chi connectivity index (χ1n) is 7.91. The van der Waals surface area contributed by atoms with Crippen molar-refractivity contribution in [1.82, 2.24) is 4.72 Å². The molecule has 0 saturated heterocycles. The summed E-state index contributed by atoms with van der Waals surface area (Å²) in [7, 11) is -3.76. The summed E-state index contributed by atoms with van der Waals surface area (Å²) in [6.07, 6.45) is 0. The molecule has 5 nitrogen and oxygen atoms in total. The number of hydrogen-bond donors (Lipinski definition) is 1. The molecule has 0 spiro atoms. The monoisotopic (exact) mass is 423 g/mol. The molecule has 0 aromatic heterocycles. The lowest BCUT2D eigenvalue weighted by Gasteiger charge is -2.10. The van der Waals surface area contributed by atoms with Crippen LogP contribution >= 0.6 is 23.2 Å². The van der Waals surface area contributed by atoms with Crippen molar-refractivity contribution in [3.8, 4) is 5.75 Å². The van der Waals surface area contributed by atoms with Crippen LogP contribution in [0.3, 0.4) is 0 Å². The molecular formula is C19H15Cl2NO4S. The van der Waals surface area contributed by atoms with Gasteiger partial charge in [-0.3, -0.25) is 4.79 Å². The van der Waals surface area contributed by atoms with Crippen LogP contribution in [-0.2, 0) is 21.4 Å². The van der Waals surface area contributed by atoms with Gasteiger partial charge in [-0.1, -0.05) is 41.4 Å². The molecule has 140 valence electrons. The Morgan fingerprint density at radius 3 is 2.56 bits per heavy atom. The lowest BCUT2D eigenvalue weighted by atomic mass is 10.1. The molecular weight excluding hydrogens is 409 g/mol. The van der Waals surface area contributed by atoms with Gasteiger partial charge in [0.2, 0.25) is 10.0 Å². The second kappa shape index (κ2) is 7.86. The molecule has 3 rings (SSSR count). The summed E-state index contributed by atoms with van der Waals surface area (Å²) in [5, 5.41) is 2.15. The van der Waals surface area contributed by atoms with Gasteiger partial charge >= 0.3 is 5.97 Å². The van der Waals surface area contributed by atoms with Gasteiger partial charge in [-0.2, -0.15) is 0 Å². The van der Waals surface area contributed by atoms with Crippen molar-refractivity contribution >= 4 is 50.0 Å². The number of rotatable bonds is 5. The molecule has 0 aliphatic heterocycles. The van der Waals surface area contributed by atoms with Crippen LogP contribution < -0.4 is 9.46 Å².